The van der Waals surface area contributed by atoms with Crippen molar-refractivity contribution in [2.45, 2.75) is 45.2 Å². The molecule has 0 bridgehead atoms. The fourth-order valence-electron chi connectivity index (χ4n) is 2.56. The molecule has 1 aliphatic heterocycles. The van der Waals surface area contributed by atoms with Crippen molar-refractivity contribution in [3.8, 4) is 0 Å². The molecule has 98 valence electrons. The molecule has 1 saturated heterocycles. The third kappa shape index (κ3) is 2.86. The lowest BCUT2D eigenvalue weighted by Gasteiger charge is -2.38. The van der Waals surface area contributed by atoms with E-state index in [1.54, 1.807) is 0 Å². The Morgan fingerprint density at radius 2 is 1.89 bits per heavy atom. The number of nitrogens with one attached hydrogen (secondary N) is 1. The first-order valence-corrected chi connectivity index (χ1v) is 7.22. The summed E-state index contributed by atoms with van der Waals surface area (Å²) in [4.78, 5) is 14.3. The van der Waals surface area contributed by atoms with Crippen molar-refractivity contribution in [3.63, 3.8) is 0 Å². The van der Waals surface area contributed by atoms with E-state index in [2.05, 4.69) is 35.1 Å². The minimum absolute atomic E-state index is 0.00148. The summed E-state index contributed by atoms with van der Waals surface area (Å²) < 4.78 is 0.913. The number of carbonyl (C=O) groups is 1. The molecule has 1 fully saturated rings. The fraction of sp³-hybridized carbons (Fsp3) is 0.500. The van der Waals surface area contributed by atoms with Gasteiger partial charge in [-0.2, -0.15) is 0 Å². The number of carbonyl (C=O) groups excluding carboxylic acids is 1. The Kier molecular flexibility index (Phi) is 4.27. The molecule has 1 aromatic rings. The van der Waals surface area contributed by atoms with E-state index in [1.807, 2.05) is 29.2 Å². The van der Waals surface area contributed by atoms with Gasteiger partial charge in [-0.15, -0.1) is 0 Å². The molecule has 18 heavy (non-hydrogen) atoms. The zero-order chi connectivity index (χ0) is 13.1. The molecule has 0 radical (unpaired) electrons. The molecular weight excluding hydrogens is 292 g/mol. The number of anilines is 1. The number of rotatable bonds is 1. The number of hydrogen-bond donors (Lipinski definition) is 1. The molecule has 3 nitrogen and oxygen atoms in total. The summed E-state index contributed by atoms with van der Waals surface area (Å²) in [5.41, 5.74) is 0.826. The Morgan fingerprint density at radius 3 is 2.50 bits per heavy atom. The van der Waals surface area contributed by atoms with Crippen molar-refractivity contribution < 1.29 is 4.79 Å². The lowest BCUT2D eigenvalue weighted by molar-refractivity contribution is 0.133. The number of likely N-dealkylation sites (tertiary alicyclic amines) is 1. The molecule has 1 aromatic carbocycles. The molecule has 1 heterocycles. The standard InChI is InChI=1S/C14H19BrN2O/c1-10-6-5-7-11(2)17(10)14(18)16-13-9-4-3-8-12(13)15/h3-4,8-11H,5-7H2,1-2H3,(H,16,18)/t10-,11-/m0/s1. The van der Waals surface area contributed by atoms with Crippen LogP contribution in [0, 0.1) is 0 Å². The van der Waals surface area contributed by atoms with Crippen LogP contribution in [-0.4, -0.2) is 23.0 Å². The van der Waals surface area contributed by atoms with Gasteiger partial charge in [0.25, 0.3) is 0 Å². The van der Waals surface area contributed by atoms with Gasteiger partial charge >= 0.3 is 6.03 Å². The van der Waals surface area contributed by atoms with Crippen molar-refractivity contribution in [1.82, 2.24) is 4.90 Å². The Morgan fingerprint density at radius 1 is 1.28 bits per heavy atom. The number of nitrogens with zero attached hydrogens (tertiary/aromatic N) is 1. The van der Waals surface area contributed by atoms with Crippen LogP contribution in [-0.2, 0) is 0 Å². The van der Waals surface area contributed by atoms with Gasteiger partial charge in [-0.1, -0.05) is 12.1 Å². The number of piperidine rings is 1. The van der Waals surface area contributed by atoms with Gasteiger partial charge in [0.05, 0.1) is 5.69 Å². The highest BCUT2D eigenvalue weighted by Crippen LogP contribution is 2.26. The predicted molar refractivity (Wildman–Crippen MR) is 77.8 cm³/mol. The first kappa shape index (κ1) is 13.4. The second-order valence-corrected chi connectivity index (χ2v) is 5.80. The third-order valence-corrected chi connectivity index (χ3v) is 4.24. The molecule has 0 unspecified atom stereocenters. The van der Waals surface area contributed by atoms with Gasteiger partial charge < -0.3 is 10.2 Å². The molecule has 0 saturated carbocycles. The number of amides is 2. The van der Waals surface area contributed by atoms with Crippen LogP contribution in [0.3, 0.4) is 0 Å². The normalized spacial score (nSPS) is 23.8. The zero-order valence-corrected chi connectivity index (χ0v) is 12.4. The summed E-state index contributed by atoms with van der Waals surface area (Å²) >= 11 is 3.45. The van der Waals surface area contributed by atoms with E-state index in [4.69, 9.17) is 0 Å². The van der Waals surface area contributed by atoms with E-state index in [-0.39, 0.29) is 6.03 Å². The topological polar surface area (TPSA) is 32.3 Å². The number of hydrogen-bond acceptors (Lipinski definition) is 1. The smallest absolute Gasteiger partial charge is 0.319 e. The van der Waals surface area contributed by atoms with Crippen molar-refractivity contribution in [2.24, 2.45) is 0 Å². The Balaban J connectivity index is 2.09. The van der Waals surface area contributed by atoms with Crippen LogP contribution in [0.25, 0.3) is 0 Å². The van der Waals surface area contributed by atoms with Gasteiger partial charge in [0.15, 0.2) is 0 Å². The average molecular weight is 311 g/mol. The van der Waals surface area contributed by atoms with Crippen molar-refractivity contribution >= 4 is 27.6 Å². The van der Waals surface area contributed by atoms with E-state index < -0.39 is 0 Å². The van der Waals surface area contributed by atoms with E-state index in [1.165, 1.54) is 6.42 Å². The van der Waals surface area contributed by atoms with E-state index in [0.717, 1.165) is 23.0 Å². The maximum absolute atomic E-state index is 12.3. The summed E-state index contributed by atoms with van der Waals surface area (Å²) in [6.45, 7) is 4.24. The second kappa shape index (κ2) is 5.74. The van der Waals surface area contributed by atoms with E-state index >= 15 is 0 Å². The van der Waals surface area contributed by atoms with Crippen LogP contribution < -0.4 is 5.32 Å². The molecule has 1 N–H and O–H groups in total. The zero-order valence-electron chi connectivity index (χ0n) is 10.8. The molecule has 2 rings (SSSR count). The van der Waals surface area contributed by atoms with Gasteiger partial charge in [0.1, 0.15) is 0 Å². The largest absolute Gasteiger partial charge is 0.322 e. The fourth-order valence-corrected chi connectivity index (χ4v) is 2.95. The molecule has 4 heteroatoms. The highest BCUT2D eigenvalue weighted by Gasteiger charge is 2.29. The SMILES string of the molecule is C[C@H]1CCC[C@H](C)N1C(=O)Nc1ccccc1Br. The lowest BCUT2D eigenvalue weighted by atomic mass is 9.98. The molecule has 0 aliphatic carbocycles. The summed E-state index contributed by atoms with van der Waals surface area (Å²) in [7, 11) is 0. The highest BCUT2D eigenvalue weighted by molar-refractivity contribution is 9.10. The molecule has 2 atom stereocenters. The van der Waals surface area contributed by atoms with Crippen LogP contribution in [0.15, 0.2) is 28.7 Å². The van der Waals surface area contributed by atoms with Crippen LogP contribution in [0.5, 0.6) is 0 Å². The van der Waals surface area contributed by atoms with Gasteiger partial charge in [-0.25, -0.2) is 4.79 Å². The van der Waals surface area contributed by atoms with E-state index in [9.17, 15) is 4.79 Å². The molecule has 2 amide bonds. The van der Waals surface area contributed by atoms with Crippen LogP contribution in [0.2, 0.25) is 0 Å². The Bertz CT molecular complexity index is 426. The lowest BCUT2D eigenvalue weighted by Crippen LogP contribution is -2.49. The average Bonchev–Trinajstić information content (AvgIpc) is 2.32. The number of halogens is 1. The van der Waals surface area contributed by atoms with Crippen LogP contribution >= 0.6 is 15.9 Å². The highest BCUT2D eigenvalue weighted by atomic mass is 79.9. The first-order valence-electron chi connectivity index (χ1n) is 6.43. The summed E-state index contributed by atoms with van der Waals surface area (Å²) in [5.74, 6) is 0. The van der Waals surface area contributed by atoms with Crippen molar-refractivity contribution in [1.29, 1.82) is 0 Å². The summed E-state index contributed by atoms with van der Waals surface area (Å²) in [5, 5.41) is 2.98. The van der Waals surface area contributed by atoms with Gasteiger partial charge in [0, 0.05) is 16.6 Å². The second-order valence-electron chi connectivity index (χ2n) is 4.95. The van der Waals surface area contributed by atoms with Crippen molar-refractivity contribution in [3.05, 3.63) is 28.7 Å². The maximum Gasteiger partial charge on any atom is 0.322 e. The maximum atomic E-state index is 12.3. The number of urea groups is 1. The molecule has 0 aromatic heterocycles. The summed E-state index contributed by atoms with van der Waals surface area (Å²) in [6, 6.07) is 8.32. The van der Waals surface area contributed by atoms with E-state index in [0.29, 0.717) is 12.1 Å². The van der Waals surface area contributed by atoms with Crippen molar-refractivity contribution in [2.75, 3.05) is 5.32 Å². The van der Waals surface area contributed by atoms with Gasteiger partial charge in [0.2, 0.25) is 0 Å². The predicted octanol–water partition coefficient (Wildman–Crippen LogP) is 4.24. The molecule has 1 aliphatic rings. The van der Waals surface area contributed by atoms with Crippen LogP contribution in [0.4, 0.5) is 10.5 Å². The first-order chi connectivity index (χ1) is 8.59. The summed E-state index contributed by atoms with van der Waals surface area (Å²) in [6.07, 6.45) is 3.39. The Hall–Kier alpha value is -1.03. The van der Waals surface area contributed by atoms with Crippen LogP contribution in [0.1, 0.15) is 33.1 Å². The minimum Gasteiger partial charge on any atom is -0.319 e. The van der Waals surface area contributed by atoms with Gasteiger partial charge in [-0.3, -0.25) is 0 Å². The number of benzene rings is 1. The Labute approximate surface area is 117 Å². The minimum atomic E-state index is 0.00148. The van der Waals surface area contributed by atoms with Gasteiger partial charge in [-0.05, 0) is 61.2 Å². The third-order valence-electron chi connectivity index (χ3n) is 3.54. The molecular formula is C14H19BrN2O. The monoisotopic (exact) mass is 310 g/mol. The quantitative estimate of drug-likeness (QED) is 0.826. The number of para-hydroxylation sites is 1. The molecule has 0 spiro atoms.